The number of amides is 1. The summed E-state index contributed by atoms with van der Waals surface area (Å²) in [5, 5.41) is 9.24. The van der Waals surface area contributed by atoms with E-state index in [2.05, 4.69) is 18.6 Å². The second kappa shape index (κ2) is 7.56. The smallest absolute Gasteiger partial charge is 0.253 e. The van der Waals surface area contributed by atoms with Crippen LogP contribution in [0.3, 0.4) is 0 Å². The van der Waals surface area contributed by atoms with Gasteiger partial charge in [-0.05, 0) is 43.8 Å². The molecule has 0 heterocycles. The monoisotopic (exact) mass is 262 g/mol. The Kier molecular flexibility index (Phi) is 6.06. The van der Waals surface area contributed by atoms with Crippen LogP contribution in [0.5, 0.6) is 5.75 Å². The van der Waals surface area contributed by atoms with Gasteiger partial charge in [0.2, 0.25) is 0 Å². The van der Waals surface area contributed by atoms with Crippen molar-refractivity contribution in [3.63, 3.8) is 0 Å². The lowest BCUT2D eigenvalue weighted by atomic mass is 10.1. The molecule has 1 atom stereocenters. The van der Waals surface area contributed by atoms with E-state index in [4.69, 9.17) is 0 Å². The molecule has 4 heteroatoms. The minimum Gasteiger partial charge on any atom is -0.508 e. The predicted octanol–water partition coefficient (Wildman–Crippen LogP) is 2.72. The van der Waals surface area contributed by atoms with Gasteiger partial charge in [-0.15, -0.1) is 0 Å². The van der Waals surface area contributed by atoms with Crippen molar-refractivity contribution in [3.05, 3.63) is 29.8 Å². The number of carbonyl (C=O) groups excluding carboxylic acids is 1. The van der Waals surface area contributed by atoms with Gasteiger partial charge in [-0.3, -0.25) is 4.79 Å². The first-order valence-corrected chi connectivity index (χ1v) is 6.58. The molecule has 1 N–H and O–H groups in total. The van der Waals surface area contributed by atoms with Crippen molar-refractivity contribution >= 4 is 12.6 Å². The van der Waals surface area contributed by atoms with Crippen LogP contribution in [0.25, 0.3) is 0 Å². The van der Waals surface area contributed by atoms with Crippen molar-refractivity contribution < 1.29 is 9.90 Å². The van der Waals surface area contributed by atoms with Crippen molar-refractivity contribution in [2.45, 2.75) is 32.2 Å². The third-order valence-corrected chi connectivity index (χ3v) is 3.22. The fourth-order valence-corrected chi connectivity index (χ4v) is 2.08. The number of nitrogens with zero attached hydrogens (tertiary/aromatic N) is 2. The maximum atomic E-state index is 12.3. The molecular formula is C15H22N2O2. The van der Waals surface area contributed by atoms with E-state index in [9.17, 15) is 9.90 Å². The normalized spacial score (nSPS) is 11.9. The Morgan fingerprint density at radius 2 is 2.00 bits per heavy atom. The largest absolute Gasteiger partial charge is 0.508 e. The highest BCUT2D eigenvalue weighted by Gasteiger charge is 2.20. The molecule has 1 aromatic carbocycles. The Bertz CT molecular complexity index is 415. The highest BCUT2D eigenvalue weighted by molar-refractivity contribution is 5.94. The summed E-state index contributed by atoms with van der Waals surface area (Å²) in [6, 6.07) is 6.52. The van der Waals surface area contributed by atoms with Gasteiger partial charge in [-0.1, -0.05) is 13.3 Å². The first-order chi connectivity index (χ1) is 9.10. The number of carbonyl (C=O) groups is 1. The second-order valence-corrected chi connectivity index (χ2v) is 4.64. The number of aliphatic imine (C=N–C) groups is 1. The molecule has 4 nitrogen and oxygen atoms in total. The van der Waals surface area contributed by atoms with Gasteiger partial charge in [0.1, 0.15) is 5.75 Å². The molecular weight excluding hydrogens is 240 g/mol. The summed E-state index contributed by atoms with van der Waals surface area (Å²) in [6.07, 6.45) is 2.81. The molecule has 1 aromatic rings. The highest BCUT2D eigenvalue weighted by Crippen LogP contribution is 2.16. The van der Waals surface area contributed by atoms with E-state index in [0.717, 1.165) is 19.3 Å². The molecule has 0 radical (unpaired) electrons. The van der Waals surface area contributed by atoms with Crippen LogP contribution in [0, 0.1) is 0 Å². The molecule has 104 valence electrons. The Morgan fingerprint density at radius 3 is 2.53 bits per heavy atom. The summed E-state index contributed by atoms with van der Waals surface area (Å²) in [6.45, 7) is 6.25. The molecule has 0 fully saturated rings. The summed E-state index contributed by atoms with van der Waals surface area (Å²) in [5.74, 6) is 0.141. The van der Waals surface area contributed by atoms with Gasteiger partial charge < -0.3 is 15.0 Å². The van der Waals surface area contributed by atoms with Crippen LogP contribution in [0.4, 0.5) is 0 Å². The Labute approximate surface area is 114 Å². The van der Waals surface area contributed by atoms with E-state index in [0.29, 0.717) is 12.1 Å². The van der Waals surface area contributed by atoms with Crippen LogP contribution in [0.15, 0.2) is 29.3 Å². The lowest BCUT2D eigenvalue weighted by Gasteiger charge is -2.27. The zero-order valence-electron chi connectivity index (χ0n) is 11.7. The average Bonchev–Trinajstić information content (AvgIpc) is 2.42. The number of rotatable bonds is 7. The van der Waals surface area contributed by atoms with Crippen LogP contribution in [0.2, 0.25) is 0 Å². The summed E-state index contributed by atoms with van der Waals surface area (Å²) in [4.78, 5) is 18.0. The topological polar surface area (TPSA) is 52.9 Å². The van der Waals surface area contributed by atoms with Crippen LogP contribution in [-0.2, 0) is 0 Å². The van der Waals surface area contributed by atoms with Crippen molar-refractivity contribution in [3.8, 4) is 5.75 Å². The van der Waals surface area contributed by atoms with Crippen LogP contribution in [-0.4, -0.2) is 42.3 Å². The first-order valence-electron chi connectivity index (χ1n) is 6.58. The lowest BCUT2D eigenvalue weighted by molar-refractivity contribution is 0.0717. The highest BCUT2D eigenvalue weighted by atomic mass is 16.3. The third-order valence-electron chi connectivity index (χ3n) is 3.22. The van der Waals surface area contributed by atoms with E-state index in [1.165, 1.54) is 12.1 Å². The maximum Gasteiger partial charge on any atom is 0.253 e. The van der Waals surface area contributed by atoms with Crippen molar-refractivity contribution in [1.82, 2.24) is 4.90 Å². The Balaban J connectivity index is 2.76. The van der Waals surface area contributed by atoms with Gasteiger partial charge >= 0.3 is 0 Å². The van der Waals surface area contributed by atoms with E-state index in [-0.39, 0.29) is 17.7 Å². The number of benzene rings is 1. The van der Waals surface area contributed by atoms with Crippen molar-refractivity contribution in [2.24, 2.45) is 4.99 Å². The fraction of sp³-hybridized carbons (Fsp3) is 0.467. The van der Waals surface area contributed by atoms with Crippen LogP contribution < -0.4 is 0 Å². The Hall–Kier alpha value is -1.84. The molecule has 0 saturated carbocycles. The number of aromatic hydroxyl groups is 1. The molecule has 0 aliphatic heterocycles. The van der Waals surface area contributed by atoms with Gasteiger partial charge in [-0.2, -0.15) is 0 Å². The third kappa shape index (κ3) is 4.39. The summed E-state index contributed by atoms with van der Waals surface area (Å²) in [7, 11) is 1.82. The van der Waals surface area contributed by atoms with Crippen molar-refractivity contribution in [2.75, 3.05) is 13.6 Å². The maximum absolute atomic E-state index is 12.3. The number of hydrogen-bond donors (Lipinski definition) is 1. The van der Waals surface area contributed by atoms with Gasteiger partial charge in [-0.25, -0.2) is 0 Å². The zero-order chi connectivity index (χ0) is 14.3. The second-order valence-electron chi connectivity index (χ2n) is 4.64. The average molecular weight is 262 g/mol. The SMILES string of the molecule is C=NCCC(CCC)N(C)C(=O)c1ccc(O)cc1. The van der Waals surface area contributed by atoms with Crippen LogP contribution in [0.1, 0.15) is 36.5 Å². The standard InChI is InChI=1S/C15H22N2O2/c1-4-5-13(10-11-16-2)17(3)15(19)12-6-8-14(18)9-7-12/h6-9,13,18H,2,4-5,10-11H2,1,3H3. The van der Waals surface area contributed by atoms with E-state index < -0.39 is 0 Å². The summed E-state index contributed by atoms with van der Waals surface area (Å²) < 4.78 is 0. The summed E-state index contributed by atoms with van der Waals surface area (Å²) in [5.41, 5.74) is 0.591. The Morgan fingerprint density at radius 1 is 1.37 bits per heavy atom. The molecule has 1 rings (SSSR count). The van der Waals surface area contributed by atoms with Crippen molar-refractivity contribution in [1.29, 1.82) is 0 Å². The number of phenols is 1. The lowest BCUT2D eigenvalue weighted by Crippen LogP contribution is -2.37. The van der Waals surface area contributed by atoms with Gasteiger partial charge in [0.25, 0.3) is 5.91 Å². The minimum absolute atomic E-state index is 0.0255. The number of hydrogen-bond acceptors (Lipinski definition) is 3. The predicted molar refractivity (Wildman–Crippen MR) is 77.9 cm³/mol. The molecule has 0 aliphatic carbocycles. The first kappa shape index (κ1) is 15.2. The molecule has 1 amide bonds. The van der Waals surface area contributed by atoms with E-state index >= 15 is 0 Å². The molecule has 1 unspecified atom stereocenters. The molecule has 0 aliphatic rings. The molecule has 0 aromatic heterocycles. The molecule has 0 saturated heterocycles. The molecule has 0 bridgehead atoms. The van der Waals surface area contributed by atoms with Gasteiger partial charge in [0.05, 0.1) is 0 Å². The minimum atomic E-state index is -0.0255. The summed E-state index contributed by atoms with van der Waals surface area (Å²) >= 11 is 0. The zero-order valence-corrected chi connectivity index (χ0v) is 11.7. The molecule has 19 heavy (non-hydrogen) atoms. The number of phenolic OH excluding ortho intramolecular Hbond substituents is 1. The van der Waals surface area contributed by atoms with Crippen LogP contribution >= 0.6 is 0 Å². The van der Waals surface area contributed by atoms with E-state index in [1.807, 2.05) is 7.05 Å². The quantitative estimate of drug-likeness (QED) is 0.768. The fourth-order valence-electron chi connectivity index (χ4n) is 2.08. The van der Waals surface area contributed by atoms with E-state index in [1.54, 1.807) is 17.0 Å². The molecule has 0 spiro atoms. The van der Waals surface area contributed by atoms with Gasteiger partial charge in [0.15, 0.2) is 0 Å². The van der Waals surface area contributed by atoms with Gasteiger partial charge in [0, 0.05) is 25.2 Å².